The van der Waals surface area contributed by atoms with Gasteiger partial charge in [-0.1, -0.05) is 22.9 Å². The average molecular weight is 409 g/mol. The van der Waals surface area contributed by atoms with Gasteiger partial charge in [0.15, 0.2) is 10.3 Å². The number of thiazole rings is 1. The van der Waals surface area contributed by atoms with Crippen molar-refractivity contribution in [3.05, 3.63) is 23.1 Å². The van der Waals surface area contributed by atoms with Gasteiger partial charge in [-0.15, -0.1) is 0 Å². The van der Waals surface area contributed by atoms with E-state index in [1.54, 1.807) is 17.9 Å². The molecule has 1 fully saturated rings. The van der Waals surface area contributed by atoms with Gasteiger partial charge in [-0.2, -0.15) is 10.1 Å². The molecule has 142 valence electrons. The molecule has 0 atom stereocenters. The number of hydrogen-bond acceptors (Lipinski definition) is 8. The van der Waals surface area contributed by atoms with Gasteiger partial charge in [0.05, 0.1) is 42.5 Å². The number of nitrogens with zero attached hydrogens (tertiary/aromatic N) is 5. The van der Waals surface area contributed by atoms with E-state index in [-0.39, 0.29) is 5.91 Å². The molecule has 0 aromatic carbocycles. The molecule has 4 rings (SSSR count). The summed E-state index contributed by atoms with van der Waals surface area (Å²) in [4.78, 5) is 23.4. The predicted octanol–water partition coefficient (Wildman–Crippen LogP) is 2.18. The Bertz CT molecular complexity index is 998. The monoisotopic (exact) mass is 408 g/mol. The van der Waals surface area contributed by atoms with Crippen molar-refractivity contribution in [1.29, 1.82) is 0 Å². The number of nitrogens with one attached hydrogen (secondary N) is 1. The van der Waals surface area contributed by atoms with E-state index in [1.807, 2.05) is 0 Å². The first-order chi connectivity index (χ1) is 13.1. The second-order valence-corrected chi connectivity index (χ2v) is 7.27. The summed E-state index contributed by atoms with van der Waals surface area (Å²) < 4.78 is 13.1. The van der Waals surface area contributed by atoms with Crippen LogP contribution < -0.4 is 15.0 Å². The molecule has 3 aromatic heterocycles. The Morgan fingerprint density at radius 3 is 2.81 bits per heavy atom. The summed E-state index contributed by atoms with van der Waals surface area (Å²) in [6.45, 7) is 2.65. The van der Waals surface area contributed by atoms with E-state index in [1.165, 1.54) is 24.6 Å². The fourth-order valence-corrected chi connectivity index (χ4v) is 4.25. The SMILES string of the molecule is COc1nc(Cl)c(N2CCOCC2)c2sc(NC(=O)c3cnn(C)c3)nc12. The van der Waals surface area contributed by atoms with Crippen LogP contribution in [0.4, 0.5) is 10.8 Å². The van der Waals surface area contributed by atoms with Gasteiger partial charge in [0, 0.05) is 26.3 Å². The zero-order chi connectivity index (χ0) is 19.0. The topological polar surface area (TPSA) is 94.4 Å². The van der Waals surface area contributed by atoms with Crippen LogP contribution in [0.25, 0.3) is 10.2 Å². The van der Waals surface area contributed by atoms with Crippen LogP contribution in [-0.4, -0.2) is 59.1 Å². The number of halogens is 1. The first kappa shape index (κ1) is 18.0. The molecule has 4 heterocycles. The lowest BCUT2D eigenvalue weighted by Gasteiger charge is -2.29. The Labute approximate surface area is 163 Å². The largest absolute Gasteiger partial charge is 0.479 e. The Morgan fingerprint density at radius 2 is 2.15 bits per heavy atom. The van der Waals surface area contributed by atoms with Gasteiger partial charge in [0.2, 0.25) is 5.88 Å². The molecule has 0 spiro atoms. The molecule has 0 aliphatic carbocycles. The van der Waals surface area contributed by atoms with Gasteiger partial charge < -0.3 is 14.4 Å². The molecule has 1 N–H and O–H groups in total. The molecular formula is C16H17ClN6O3S. The van der Waals surface area contributed by atoms with Crippen LogP contribution in [0.5, 0.6) is 5.88 Å². The predicted molar refractivity (Wildman–Crippen MR) is 103 cm³/mol. The Hall–Kier alpha value is -2.43. The summed E-state index contributed by atoms with van der Waals surface area (Å²) in [5, 5.41) is 7.60. The minimum absolute atomic E-state index is 0.284. The fourth-order valence-electron chi connectivity index (χ4n) is 2.88. The van der Waals surface area contributed by atoms with E-state index in [0.29, 0.717) is 53.5 Å². The highest BCUT2D eigenvalue weighted by Gasteiger charge is 2.24. The van der Waals surface area contributed by atoms with E-state index in [2.05, 4.69) is 25.3 Å². The van der Waals surface area contributed by atoms with Gasteiger partial charge in [0.1, 0.15) is 5.52 Å². The Kier molecular flexibility index (Phi) is 4.85. The van der Waals surface area contributed by atoms with Crippen molar-refractivity contribution in [2.75, 3.05) is 43.6 Å². The molecule has 0 unspecified atom stereocenters. The van der Waals surface area contributed by atoms with Crippen molar-refractivity contribution in [3.63, 3.8) is 0 Å². The van der Waals surface area contributed by atoms with Gasteiger partial charge in [-0.25, -0.2) is 4.98 Å². The molecule has 9 nitrogen and oxygen atoms in total. The summed E-state index contributed by atoms with van der Waals surface area (Å²) in [5.41, 5.74) is 1.80. The zero-order valence-corrected chi connectivity index (χ0v) is 16.3. The highest BCUT2D eigenvalue weighted by molar-refractivity contribution is 7.23. The Morgan fingerprint density at radius 1 is 1.37 bits per heavy atom. The van der Waals surface area contributed by atoms with Crippen molar-refractivity contribution < 1.29 is 14.3 Å². The lowest BCUT2D eigenvalue weighted by Crippen LogP contribution is -2.36. The van der Waals surface area contributed by atoms with Crippen molar-refractivity contribution in [2.24, 2.45) is 7.05 Å². The Balaban J connectivity index is 1.74. The molecule has 0 bridgehead atoms. The van der Waals surface area contributed by atoms with E-state index < -0.39 is 0 Å². The maximum atomic E-state index is 12.4. The second kappa shape index (κ2) is 7.29. The number of anilines is 2. The quantitative estimate of drug-likeness (QED) is 0.661. The number of amides is 1. The number of aryl methyl sites for hydroxylation is 1. The highest BCUT2D eigenvalue weighted by atomic mass is 35.5. The molecule has 1 saturated heterocycles. The molecule has 1 amide bonds. The number of rotatable bonds is 4. The average Bonchev–Trinajstić information content (AvgIpc) is 3.28. The maximum Gasteiger partial charge on any atom is 0.260 e. The number of aromatic nitrogens is 4. The number of methoxy groups -OCH3 is 1. The molecule has 1 aliphatic heterocycles. The van der Waals surface area contributed by atoms with E-state index in [4.69, 9.17) is 21.1 Å². The standard InChI is InChI=1S/C16H17ClN6O3S/c1-22-8-9(7-18-22)14(24)21-16-19-10-12(27-16)11(13(17)20-15(10)25-2)23-3-5-26-6-4-23/h7-8H,3-6H2,1-2H3,(H,19,21,24). The fraction of sp³-hybridized carbons (Fsp3) is 0.375. The summed E-state index contributed by atoms with van der Waals surface area (Å²) in [7, 11) is 3.27. The third-order valence-corrected chi connectivity index (χ3v) is 5.39. The van der Waals surface area contributed by atoms with E-state index in [0.717, 1.165) is 10.4 Å². The molecule has 0 radical (unpaired) electrons. The van der Waals surface area contributed by atoms with Crippen molar-refractivity contribution in [3.8, 4) is 5.88 Å². The van der Waals surface area contributed by atoms with Gasteiger partial charge in [-0.3, -0.25) is 14.8 Å². The van der Waals surface area contributed by atoms with Crippen LogP contribution in [0.1, 0.15) is 10.4 Å². The normalized spacial score (nSPS) is 14.6. The van der Waals surface area contributed by atoms with Crippen LogP contribution in [0, 0.1) is 0 Å². The molecule has 1 aliphatic rings. The number of morpholine rings is 1. The van der Waals surface area contributed by atoms with Crippen LogP contribution in [0.2, 0.25) is 5.15 Å². The minimum atomic E-state index is -0.284. The van der Waals surface area contributed by atoms with Crippen LogP contribution in [0.15, 0.2) is 12.4 Å². The number of carbonyl (C=O) groups excluding carboxylic acids is 1. The van der Waals surface area contributed by atoms with Gasteiger partial charge in [0.25, 0.3) is 5.91 Å². The molecule has 27 heavy (non-hydrogen) atoms. The highest BCUT2D eigenvalue weighted by Crippen LogP contribution is 2.42. The number of carbonyl (C=O) groups is 1. The van der Waals surface area contributed by atoms with E-state index >= 15 is 0 Å². The molecule has 11 heteroatoms. The first-order valence-corrected chi connectivity index (χ1v) is 9.43. The number of hydrogen-bond donors (Lipinski definition) is 1. The third-order valence-electron chi connectivity index (χ3n) is 4.15. The van der Waals surface area contributed by atoms with Gasteiger partial charge >= 0.3 is 0 Å². The zero-order valence-electron chi connectivity index (χ0n) is 14.7. The number of ether oxygens (including phenoxy) is 2. The number of fused-ring (bicyclic) bond motifs is 1. The summed E-state index contributed by atoms with van der Waals surface area (Å²) in [5.74, 6) is 0.0400. The van der Waals surface area contributed by atoms with Gasteiger partial charge in [-0.05, 0) is 0 Å². The minimum Gasteiger partial charge on any atom is -0.479 e. The van der Waals surface area contributed by atoms with Crippen molar-refractivity contribution >= 4 is 49.9 Å². The lowest BCUT2D eigenvalue weighted by molar-refractivity contribution is 0.102. The smallest absolute Gasteiger partial charge is 0.260 e. The molecule has 3 aromatic rings. The number of pyridine rings is 1. The molecule has 0 saturated carbocycles. The van der Waals surface area contributed by atoms with Crippen LogP contribution in [0.3, 0.4) is 0 Å². The third kappa shape index (κ3) is 3.43. The lowest BCUT2D eigenvalue weighted by atomic mass is 10.3. The first-order valence-electron chi connectivity index (χ1n) is 8.23. The van der Waals surface area contributed by atoms with Crippen molar-refractivity contribution in [1.82, 2.24) is 19.7 Å². The molecular weight excluding hydrogens is 392 g/mol. The maximum absolute atomic E-state index is 12.4. The van der Waals surface area contributed by atoms with Crippen LogP contribution >= 0.6 is 22.9 Å². The van der Waals surface area contributed by atoms with E-state index in [9.17, 15) is 4.79 Å². The summed E-state index contributed by atoms with van der Waals surface area (Å²) in [6.07, 6.45) is 3.14. The second-order valence-electron chi connectivity index (χ2n) is 5.91. The summed E-state index contributed by atoms with van der Waals surface area (Å²) >= 11 is 7.77. The van der Waals surface area contributed by atoms with Crippen LogP contribution in [-0.2, 0) is 11.8 Å². The summed E-state index contributed by atoms with van der Waals surface area (Å²) in [6, 6.07) is 0. The van der Waals surface area contributed by atoms with Crippen molar-refractivity contribution in [2.45, 2.75) is 0 Å².